The first kappa shape index (κ1) is 18.3. The second-order valence-corrected chi connectivity index (χ2v) is 11.3. The van der Waals surface area contributed by atoms with Gasteiger partial charge in [0.1, 0.15) is 5.75 Å². The van der Waals surface area contributed by atoms with Crippen LogP contribution in [-0.4, -0.2) is 28.5 Å². The molecule has 22 heavy (non-hydrogen) atoms. The van der Waals surface area contributed by atoms with Crippen molar-refractivity contribution in [2.45, 2.75) is 38.9 Å². The minimum Gasteiger partial charge on any atom is -0.541 e. The van der Waals surface area contributed by atoms with Crippen LogP contribution in [0.5, 0.6) is 11.5 Å². The molecule has 0 N–H and O–H groups in total. The van der Waals surface area contributed by atoms with E-state index in [0.29, 0.717) is 11.5 Å². The predicted molar refractivity (Wildman–Crippen MR) is 91.9 cm³/mol. The molecule has 0 saturated heterocycles. The van der Waals surface area contributed by atoms with Crippen molar-refractivity contribution in [1.82, 2.24) is 0 Å². The number of hydrogen-bond acceptors (Lipinski definition) is 4. The highest BCUT2D eigenvalue weighted by atomic mass is 28.4. The molecule has 0 amide bonds. The number of benzene rings is 1. The van der Waals surface area contributed by atoms with Gasteiger partial charge in [-0.25, -0.2) is 4.79 Å². The van der Waals surface area contributed by atoms with E-state index in [-0.39, 0.29) is 5.04 Å². The van der Waals surface area contributed by atoms with Gasteiger partial charge >= 0.3 is 5.97 Å². The Morgan fingerprint density at radius 3 is 2.32 bits per heavy atom. The zero-order valence-corrected chi connectivity index (χ0v) is 15.5. The first-order chi connectivity index (χ1) is 10.1. The van der Waals surface area contributed by atoms with Gasteiger partial charge in [-0.2, -0.15) is 0 Å². The lowest BCUT2D eigenvalue weighted by atomic mass is 10.1. The monoisotopic (exact) mass is 322 g/mol. The van der Waals surface area contributed by atoms with Crippen molar-refractivity contribution in [3.8, 4) is 11.5 Å². The van der Waals surface area contributed by atoms with E-state index in [1.54, 1.807) is 13.2 Å². The first-order valence-electron chi connectivity index (χ1n) is 7.24. The highest BCUT2D eigenvalue weighted by Crippen LogP contribution is 2.41. The number of carbonyl (C=O) groups excluding carboxylic acids is 1. The summed E-state index contributed by atoms with van der Waals surface area (Å²) in [4.78, 5) is 11.3. The molecule has 0 radical (unpaired) electrons. The Morgan fingerprint density at radius 1 is 1.18 bits per heavy atom. The van der Waals surface area contributed by atoms with Crippen LogP contribution in [-0.2, 0) is 9.53 Å². The van der Waals surface area contributed by atoms with E-state index in [1.807, 2.05) is 18.2 Å². The van der Waals surface area contributed by atoms with Gasteiger partial charge in [-0.05, 0) is 30.3 Å². The van der Waals surface area contributed by atoms with Crippen LogP contribution < -0.4 is 9.16 Å². The summed E-state index contributed by atoms with van der Waals surface area (Å²) in [5, 5.41) is 0.0931. The Morgan fingerprint density at radius 2 is 1.82 bits per heavy atom. The zero-order chi connectivity index (χ0) is 17.0. The van der Waals surface area contributed by atoms with E-state index in [0.717, 1.165) is 5.56 Å². The lowest BCUT2D eigenvalue weighted by molar-refractivity contribution is -0.134. The summed E-state index contributed by atoms with van der Waals surface area (Å²) >= 11 is 0. The van der Waals surface area contributed by atoms with Gasteiger partial charge in [-0.3, -0.25) is 0 Å². The van der Waals surface area contributed by atoms with Gasteiger partial charge < -0.3 is 13.9 Å². The van der Waals surface area contributed by atoms with E-state index in [9.17, 15) is 4.79 Å². The average Bonchev–Trinajstić information content (AvgIpc) is 2.43. The van der Waals surface area contributed by atoms with Crippen LogP contribution in [0.25, 0.3) is 6.08 Å². The van der Waals surface area contributed by atoms with Crippen molar-refractivity contribution < 1.29 is 18.7 Å². The molecular formula is C17H26O4Si. The fraction of sp³-hybridized carbons (Fsp3) is 0.471. The van der Waals surface area contributed by atoms with Gasteiger partial charge in [0.15, 0.2) is 5.75 Å². The number of rotatable bonds is 5. The maximum atomic E-state index is 11.3. The van der Waals surface area contributed by atoms with Crippen LogP contribution in [0.2, 0.25) is 18.1 Å². The molecule has 0 aromatic heterocycles. The number of para-hydroxylation sites is 1. The normalized spacial score (nSPS) is 12.3. The minimum atomic E-state index is -1.96. The third kappa shape index (κ3) is 4.37. The van der Waals surface area contributed by atoms with Gasteiger partial charge in [-0.1, -0.05) is 32.9 Å². The molecular weight excluding hydrogens is 296 g/mol. The summed E-state index contributed by atoms with van der Waals surface area (Å²) in [7, 11) is 0.985. The second kappa shape index (κ2) is 7.00. The van der Waals surface area contributed by atoms with Crippen molar-refractivity contribution in [1.29, 1.82) is 0 Å². The smallest absolute Gasteiger partial charge is 0.330 e. The maximum Gasteiger partial charge on any atom is 0.330 e. The molecule has 1 aromatic carbocycles. The average molecular weight is 322 g/mol. The number of carbonyl (C=O) groups is 1. The number of methoxy groups -OCH3 is 2. The van der Waals surface area contributed by atoms with E-state index in [1.165, 1.54) is 13.2 Å². The van der Waals surface area contributed by atoms with Crippen LogP contribution in [0.3, 0.4) is 0 Å². The molecule has 1 rings (SSSR count). The molecule has 4 nitrogen and oxygen atoms in total. The van der Waals surface area contributed by atoms with E-state index >= 15 is 0 Å². The number of esters is 1. The van der Waals surface area contributed by atoms with Crippen LogP contribution >= 0.6 is 0 Å². The third-order valence-electron chi connectivity index (χ3n) is 3.98. The van der Waals surface area contributed by atoms with Crippen molar-refractivity contribution >= 4 is 20.4 Å². The van der Waals surface area contributed by atoms with Crippen molar-refractivity contribution in [3.63, 3.8) is 0 Å². The molecule has 0 unspecified atom stereocenters. The van der Waals surface area contributed by atoms with Gasteiger partial charge in [-0.15, -0.1) is 0 Å². The molecule has 0 aliphatic carbocycles. The summed E-state index contributed by atoms with van der Waals surface area (Å²) in [5.41, 5.74) is 0.782. The molecule has 0 fully saturated rings. The molecule has 0 heterocycles. The molecule has 1 aromatic rings. The largest absolute Gasteiger partial charge is 0.541 e. The molecule has 0 bridgehead atoms. The number of ether oxygens (including phenoxy) is 2. The molecule has 0 aliphatic heterocycles. The summed E-state index contributed by atoms with van der Waals surface area (Å²) in [6.07, 6.45) is 3.04. The lowest BCUT2D eigenvalue weighted by Gasteiger charge is -2.36. The fourth-order valence-electron chi connectivity index (χ4n) is 1.62. The SMILES string of the molecule is COC(=O)/C=C/c1cccc(O[Si](C)(C)C(C)(C)C)c1OC. The molecule has 122 valence electrons. The summed E-state index contributed by atoms with van der Waals surface area (Å²) < 4.78 is 16.4. The Kier molecular flexibility index (Phi) is 5.83. The van der Waals surface area contributed by atoms with Crippen LogP contribution in [0.15, 0.2) is 24.3 Å². The highest BCUT2D eigenvalue weighted by Gasteiger charge is 2.39. The molecule has 0 aliphatic rings. The number of hydrogen-bond donors (Lipinski definition) is 0. The highest BCUT2D eigenvalue weighted by molar-refractivity contribution is 6.74. The van der Waals surface area contributed by atoms with E-state index in [2.05, 4.69) is 38.6 Å². The van der Waals surface area contributed by atoms with Crippen LogP contribution in [0, 0.1) is 0 Å². The third-order valence-corrected chi connectivity index (χ3v) is 8.33. The van der Waals surface area contributed by atoms with Gasteiger partial charge in [0.25, 0.3) is 8.32 Å². The standard InChI is InChI=1S/C17H26O4Si/c1-17(2,3)22(6,7)21-14-10-8-9-13(16(14)20-5)11-12-15(18)19-4/h8-12H,1-7H3/b12-11+. The van der Waals surface area contributed by atoms with Gasteiger partial charge in [0, 0.05) is 11.6 Å². The van der Waals surface area contributed by atoms with Crippen molar-refractivity contribution in [3.05, 3.63) is 29.8 Å². The minimum absolute atomic E-state index is 0.0931. The molecule has 0 atom stereocenters. The topological polar surface area (TPSA) is 44.8 Å². The summed E-state index contributed by atoms with van der Waals surface area (Å²) in [6, 6.07) is 5.66. The molecule has 0 spiro atoms. The zero-order valence-electron chi connectivity index (χ0n) is 14.5. The van der Waals surface area contributed by atoms with Gasteiger partial charge in [0.2, 0.25) is 0 Å². The van der Waals surface area contributed by atoms with Crippen LogP contribution in [0.4, 0.5) is 0 Å². The van der Waals surface area contributed by atoms with E-state index in [4.69, 9.17) is 9.16 Å². The van der Waals surface area contributed by atoms with Gasteiger partial charge in [0.05, 0.1) is 14.2 Å². The maximum absolute atomic E-state index is 11.3. The predicted octanol–water partition coefficient (Wildman–Crippen LogP) is 4.27. The Bertz CT molecular complexity index is 556. The second-order valence-electron chi connectivity index (χ2n) is 6.60. The van der Waals surface area contributed by atoms with E-state index < -0.39 is 14.3 Å². The first-order valence-corrected chi connectivity index (χ1v) is 10.2. The Hall–Kier alpha value is -1.75. The van der Waals surface area contributed by atoms with Crippen molar-refractivity contribution in [2.75, 3.05) is 14.2 Å². The summed E-state index contributed by atoms with van der Waals surface area (Å²) in [6.45, 7) is 10.9. The fourth-order valence-corrected chi connectivity index (χ4v) is 2.63. The lowest BCUT2D eigenvalue weighted by Crippen LogP contribution is -2.43. The summed E-state index contributed by atoms with van der Waals surface area (Å²) in [5.74, 6) is 0.936. The molecule has 0 saturated carbocycles. The Balaban J connectivity index is 3.17. The van der Waals surface area contributed by atoms with Crippen molar-refractivity contribution in [2.24, 2.45) is 0 Å². The molecule has 5 heteroatoms. The Labute approximate surface area is 134 Å². The van der Waals surface area contributed by atoms with Crippen LogP contribution in [0.1, 0.15) is 26.3 Å². The quantitative estimate of drug-likeness (QED) is 0.461.